The van der Waals surface area contributed by atoms with Gasteiger partial charge in [0.1, 0.15) is 12.2 Å². The van der Waals surface area contributed by atoms with Crippen LogP contribution in [0.4, 0.5) is 0 Å². The third kappa shape index (κ3) is 7.09. The maximum atomic E-state index is 12.0. The molecule has 0 bridgehead atoms. The van der Waals surface area contributed by atoms with Gasteiger partial charge in [-0.1, -0.05) is 0 Å². The van der Waals surface area contributed by atoms with Gasteiger partial charge in [-0.3, -0.25) is 19.2 Å². The highest BCUT2D eigenvalue weighted by molar-refractivity contribution is 5.93. The zero-order chi connectivity index (χ0) is 15.9. The Morgan fingerprint density at radius 2 is 1.00 bits per heavy atom. The van der Waals surface area contributed by atoms with Crippen LogP contribution in [-0.2, 0) is 24.0 Å². The molecule has 5 N–H and O–H groups in total. The second-order valence-electron chi connectivity index (χ2n) is 4.22. The van der Waals surface area contributed by atoms with E-state index in [9.17, 15) is 24.0 Å². The first-order valence-corrected chi connectivity index (χ1v) is 5.57. The van der Waals surface area contributed by atoms with Crippen molar-refractivity contribution in [2.24, 2.45) is 11.8 Å². The maximum absolute atomic E-state index is 12.0. The van der Waals surface area contributed by atoms with E-state index in [-0.39, 0.29) is 0 Å². The minimum absolute atomic E-state index is 0.680. The summed E-state index contributed by atoms with van der Waals surface area (Å²) in [5.74, 6) is -9.12. The van der Waals surface area contributed by atoms with Gasteiger partial charge >= 0.3 is 23.9 Å². The van der Waals surface area contributed by atoms with Gasteiger partial charge in [0.05, 0.1) is 19.3 Å². The number of hydrogen-bond acceptors (Lipinski definition) is 5. The molecule has 112 valence electrons. The number of Topliss-reactive ketones (excluding diaryl/α,β-unsaturated/α-hetero) is 1. The highest BCUT2D eigenvalue weighted by atomic mass is 16.4. The van der Waals surface area contributed by atoms with Crippen LogP contribution >= 0.6 is 0 Å². The Morgan fingerprint density at radius 3 is 1.25 bits per heavy atom. The minimum atomic E-state index is -1.42. The lowest BCUT2D eigenvalue weighted by Crippen LogP contribution is -2.30. The van der Waals surface area contributed by atoms with Gasteiger partial charge in [0.25, 0.3) is 0 Å². The molecule has 0 rings (SSSR count). The molecule has 0 amide bonds. The molecular weight excluding hydrogens is 276 g/mol. The Bertz CT molecular complexity index is 356. The van der Waals surface area contributed by atoms with Gasteiger partial charge < -0.3 is 20.4 Å². The number of carboxylic acids is 3. The largest absolute Gasteiger partial charge is 0.565 e. The summed E-state index contributed by atoms with van der Waals surface area (Å²) in [6, 6.07) is 0. The molecule has 9 heteroatoms. The standard InChI is InChI=1S/C11H14O9/c12-7(13)1-5(2-8(14)15)11(20)6(3-9(16)17)4-10(18)19/h5-6H,1-4H2,(H,12,13)(H,14,15)(H,16,17)(H,18,19)/p+1. The van der Waals surface area contributed by atoms with Crippen molar-refractivity contribution in [1.29, 1.82) is 0 Å². The highest BCUT2D eigenvalue weighted by Crippen LogP contribution is 2.21. The third-order valence-electron chi connectivity index (χ3n) is 2.50. The minimum Gasteiger partial charge on any atom is -0.565 e. The molecule has 1 unspecified atom stereocenters. The summed E-state index contributed by atoms with van der Waals surface area (Å²) >= 11 is 0. The van der Waals surface area contributed by atoms with Crippen molar-refractivity contribution in [1.82, 2.24) is 0 Å². The van der Waals surface area contributed by atoms with Crippen LogP contribution in [-0.4, -0.2) is 50.1 Å². The van der Waals surface area contributed by atoms with Crippen LogP contribution in [0.15, 0.2) is 0 Å². The number of carboxylic acid groups (broad SMARTS) is 3. The lowest BCUT2D eigenvalue weighted by Gasteiger charge is -2.16. The zero-order valence-corrected chi connectivity index (χ0v) is 10.4. The van der Waals surface area contributed by atoms with Crippen LogP contribution in [0.5, 0.6) is 0 Å². The van der Waals surface area contributed by atoms with Crippen molar-refractivity contribution in [3.05, 3.63) is 0 Å². The Balaban J connectivity index is 5.09. The number of hydrogen-bond donors (Lipinski definition) is 3. The first-order chi connectivity index (χ1) is 9.13. The van der Waals surface area contributed by atoms with Crippen molar-refractivity contribution in [3.8, 4) is 0 Å². The van der Waals surface area contributed by atoms with Gasteiger partial charge in [-0.2, -0.15) is 0 Å². The van der Waals surface area contributed by atoms with Gasteiger partial charge in [-0.15, -0.1) is 0 Å². The molecule has 0 aromatic heterocycles. The van der Waals surface area contributed by atoms with Gasteiger partial charge in [0.2, 0.25) is 0 Å². The van der Waals surface area contributed by atoms with Crippen molar-refractivity contribution in [3.63, 3.8) is 0 Å². The summed E-state index contributed by atoms with van der Waals surface area (Å²) in [7, 11) is 0. The molecule has 0 saturated heterocycles. The van der Waals surface area contributed by atoms with Gasteiger partial charge in [0.15, 0.2) is 0 Å². The predicted molar refractivity (Wildman–Crippen MR) is 62.0 cm³/mol. The van der Waals surface area contributed by atoms with E-state index in [0.717, 1.165) is 0 Å². The Kier molecular flexibility index (Phi) is 6.91. The monoisotopic (exact) mass is 291 g/mol. The van der Waals surface area contributed by atoms with Crippen molar-refractivity contribution in [2.45, 2.75) is 25.7 Å². The van der Waals surface area contributed by atoms with E-state index in [0.29, 0.717) is 0 Å². The summed E-state index contributed by atoms with van der Waals surface area (Å²) in [4.78, 5) is 54.5. The van der Waals surface area contributed by atoms with Gasteiger partial charge in [-0.05, 0) is 0 Å². The van der Waals surface area contributed by atoms with E-state index in [4.69, 9.17) is 20.4 Å². The first kappa shape index (κ1) is 17.6. The normalized spacial score (nSPS) is 11.8. The lowest BCUT2D eigenvalue weighted by molar-refractivity contribution is -0.148. The first-order valence-electron chi connectivity index (χ1n) is 5.57. The van der Waals surface area contributed by atoms with Gasteiger partial charge in [-0.25, -0.2) is 0 Å². The van der Waals surface area contributed by atoms with Crippen molar-refractivity contribution in [2.75, 3.05) is 0 Å². The maximum Gasteiger partial charge on any atom is 0.516 e. The summed E-state index contributed by atoms with van der Waals surface area (Å²) in [6.45, 7) is 0. The van der Waals surface area contributed by atoms with Crippen LogP contribution in [0.2, 0.25) is 0 Å². The van der Waals surface area contributed by atoms with Crippen LogP contribution in [0.25, 0.3) is 0 Å². The SMILES string of the molecule is O=C(O)CC(CC(=O)O)C(=O)C(CC(=O)O)CC(=O)[OH2+]. The molecular formula is C11H15O9+. The fraction of sp³-hybridized carbons (Fsp3) is 0.545. The van der Waals surface area contributed by atoms with Crippen LogP contribution in [0.1, 0.15) is 25.7 Å². The van der Waals surface area contributed by atoms with E-state index in [1.54, 1.807) is 0 Å². The van der Waals surface area contributed by atoms with Crippen LogP contribution in [0.3, 0.4) is 0 Å². The average molecular weight is 291 g/mol. The topological polar surface area (TPSA) is 169 Å². The fourth-order valence-corrected chi connectivity index (χ4v) is 1.74. The molecule has 0 aliphatic carbocycles. The molecule has 0 spiro atoms. The van der Waals surface area contributed by atoms with Crippen LogP contribution in [0, 0.1) is 11.8 Å². The molecule has 0 aromatic carbocycles. The predicted octanol–water partition coefficient (Wildman–Crippen LogP) is -1.15. The zero-order valence-electron chi connectivity index (χ0n) is 10.4. The number of ketones is 1. The van der Waals surface area contributed by atoms with E-state index in [1.807, 2.05) is 0 Å². The molecule has 1 atom stereocenters. The number of aliphatic carboxylic acids is 3. The third-order valence-corrected chi connectivity index (χ3v) is 2.50. The Hall–Kier alpha value is -2.45. The smallest absolute Gasteiger partial charge is 0.516 e. The van der Waals surface area contributed by atoms with E-state index < -0.39 is 67.2 Å². The second kappa shape index (κ2) is 7.87. The molecule has 0 aromatic rings. The molecule has 0 aliphatic heterocycles. The number of carbonyl (C=O) groups excluding carboxylic acids is 2. The highest BCUT2D eigenvalue weighted by Gasteiger charge is 2.34. The quantitative estimate of drug-likeness (QED) is 0.424. The van der Waals surface area contributed by atoms with Crippen LogP contribution < -0.4 is 0 Å². The van der Waals surface area contributed by atoms with Crippen molar-refractivity contribution >= 4 is 29.7 Å². The summed E-state index contributed by atoms with van der Waals surface area (Å²) in [5, 5.41) is 32.6. The average Bonchev–Trinajstić information content (AvgIpc) is 2.23. The molecule has 0 radical (unpaired) electrons. The summed E-state index contributed by atoms with van der Waals surface area (Å²) in [5.41, 5.74) is 0. The van der Waals surface area contributed by atoms with E-state index in [1.165, 1.54) is 0 Å². The molecule has 0 heterocycles. The van der Waals surface area contributed by atoms with Gasteiger partial charge in [0, 0.05) is 16.6 Å². The van der Waals surface area contributed by atoms with E-state index in [2.05, 4.69) is 0 Å². The number of rotatable bonds is 10. The lowest BCUT2D eigenvalue weighted by atomic mass is 9.84. The molecule has 20 heavy (non-hydrogen) atoms. The number of carbonyl (C=O) groups is 5. The van der Waals surface area contributed by atoms with Crippen molar-refractivity contribution < 1.29 is 44.4 Å². The second-order valence-corrected chi connectivity index (χ2v) is 4.22. The van der Waals surface area contributed by atoms with E-state index >= 15 is 0 Å². The summed E-state index contributed by atoms with van der Waals surface area (Å²) in [6.07, 6.45) is -2.97. The molecule has 0 saturated carbocycles. The molecule has 0 aliphatic rings. The Morgan fingerprint density at radius 1 is 0.700 bits per heavy atom. The molecule has 0 fully saturated rings. The summed E-state index contributed by atoms with van der Waals surface area (Å²) < 4.78 is 0. The Labute approximate surface area is 112 Å². The fourth-order valence-electron chi connectivity index (χ4n) is 1.74. The molecule has 9 nitrogen and oxygen atoms in total.